The number of rotatable bonds is 5. The molecule has 1 amide bonds. The minimum atomic E-state index is -3.68. The van der Waals surface area contributed by atoms with Crippen LogP contribution in [-0.2, 0) is 19.4 Å². The minimum absolute atomic E-state index is 0.0644. The van der Waals surface area contributed by atoms with E-state index in [2.05, 4.69) is 0 Å². The average Bonchev–Trinajstić information content (AvgIpc) is 2.91. The first-order chi connectivity index (χ1) is 11.1. The van der Waals surface area contributed by atoms with Gasteiger partial charge in [-0.2, -0.15) is 0 Å². The van der Waals surface area contributed by atoms with E-state index >= 15 is 0 Å². The molecule has 0 radical (unpaired) electrons. The highest BCUT2D eigenvalue weighted by Gasteiger charge is 2.50. The molecule has 2 aliphatic rings. The highest BCUT2D eigenvalue weighted by molar-refractivity contribution is 7.93. The van der Waals surface area contributed by atoms with Crippen molar-refractivity contribution < 1.29 is 27.5 Å². The molecule has 1 aliphatic carbocycles. The van der Waals surface area contributed by atoms with Gasteiger partial charge in [0.25, 0.3) is 0 Å². The first-order valence-corrected chi connectivity index (χ1v) is 10.1. The van der Waals surface area contributed by atoms with Crippen molar-refractivity contribution in [2.75, 3.05) is 13.1 Å². The SMILES string of the molecule is CC(C)C(C(=O)N1CCC(F)(C(=O)O)C1)S(=O)(=O)C1CCCCC1. The lowest BCUT2D eigenvalue weighted by molar-refractivity contribution is -0.150. The summed E-state index contributed by atoms with van der Waals surface area (Å²) in [5.41, 5.74) is -2.48. The van der Waals surface area contributed by atoms with Gasteiger partial charge in [-0.25, -0.2) is 17.6 Å². The third-order valence-corrected chi connectivity index (χ3v) is 7.99. The van der Waals surface area contributed by atoms with Crippen LogP contribution in [0.1, 0.15) is 52.4 Å². The van der Waals surface area contributed by atoms with Crippen molar-refractivity contribution in [3.8, 4) is 0 Å². The van der Waals surface area contributed by atoms with Crippen molar-refractivity contribution in [3.05, 3.63) is 0 Å². The van der Waals surface area contributed by atoms with Gasteiger partial charge >= 0.3 is 5.97 Å². The fourth-order valence-electron chi connectivity index (χ4n) is 3.72. The molecule has 2 unspecified atom stereocenters. The lowest BCUT2D eigenvalue weighted by Gasteiger charge is -2.31. The van der Waals surface area contributed by atoms with Gasteiger partial charge in [0.05, 0.1) is 11.8 Å². The van der Waals surface area contributed by atoms with E-state index in [1.54, 1.807) is 13.8 Å². The summed E-state index contributed by atoms with van der Waals surface area (Å²) in [4.78, 5) is 24.9. The Kier molecular flexibility index (Phi) is 5.57. The van der Waals surface area contributed by atoms with Gasteiger partial charge in [0.15, 0.2) is 9.84 Å². The molecule has 2 fully saturated rings. The first-order valence-electron chi connectivity index (χ1n) is 8.53. The van der Waals surface area contributed by atoms with Gasteiger partial charge in [-0.15, -0.1) is 0 Å². The predicted octanol–water partition coefficient (Wildman–Crippen LogP) is 1.78. The molecule has 1 heterocycles. The van der Waals surface area contributed by atoms with E-state index in [1.165, 1.54) is 0 Å². The van der Waals surface area contributed by atoms with Crippen molar-refractivity contribution in [1.29, 1.82) is 0 Å². The molecule has 0 aromatic carbocycles. The third-order valence-electron chi connectivity index (χ3n) is 5.13. The number of carbonyl (C=O) groups is 2. The number of halogens is 1. The van der Waals surface area contributed by atoms with Crippen LogP contribution in [0.4, 0.5) is 4.39 Å². The monoisotopic (exact) mass is 363 g/mol. The molecule has 0 aromatic rings. The van der Waals surface area contributed by atoms with Gasteiger partial charge in [0, 0.05) is 13.0 Å². The second kappa shape index (κ2) is 6.98. The van der Waals surface area contributed by atoms with Gasteiger partial charge in [0.1, 0.15) is 5.25 Å². The quantitative estimate of drug-likeness (QED) is 0.804. The highest BCUT2D eigenvalue weighted by atomic mass is 32.2. The van der Waals surface area contributed by atoms with Crippen molar-refractivity contribution in [3.63, 3.8) is 0 Å². The molecule has 1 N–H and O–H groups in total. The largest absolute Gasteiger partial charge is 0.479 e. The number of nitrogens with zero attached hydrogens (tertiary/aromatic N) is 1. The van der Waals surface area contributed by atoms with E-state index in [0.29, 0.717) is 12.8 Å². The molecular weight excluding hydrogens is 337 g/mol. The summed E-state index contributed by atoms with van der Waals surface area (Å²) in [7, 11) is -3.68. The normalized spacial score (nSPS) is 27.4. The molecule has 0 bridgehead atoms. The summed E-state index contributed by atoms with van der Waals surface area (Å²) in [6.07, 6.45) is 3.48. The maximum atomic E-state index is 14.2. The molecule has 1 saturated heterocycles. The molecule has 6 nitrogen and oxygen atoms in total. The van der Waals surface area contributed by atoms with Crippen LogP contribution in [0.3, 0.4) is 0 Å². The standard InChI is InChI=1S/C16H26FNO5S/c1-11(2)13(24(22,23)12-6-4-3-5-7-12)14(19)18-9-8-16(17,10-18)15(20)21/h11-13H,3-10H2,1-2H3,(H,20,21). The molecule has 1 aliphatic heterocycles. The van der Waals surface area contributed by atoms with Gasteiger partial charge in [-0.3, -0.25) is 4.79 Å². The minimum Gasteiger partial charge on any atom is -0.479 e. The molecule has 1 saturated carbocycles. The van der Waals surface area contributed by atoms with Crippen molar-refractivity contribution in [2.45, 2.75) is 68.5 Å². The zero-order chi connectivity index (χ0) is 18.1. The van der Waals surface area contributed by atoms with E-state index in [9.17, 15) is 22.4 Å². The van der Waals surface area contributed by atoms with Crippen LogP contribution in [0.5, 0.6) is 0 Å². The molecule has 0 aromatic heterocycles. The number of alkyl halides is 1. The summed E-state index contributed by atoms with van der Waals surface area (Å²) in [6, 6.07) is 0. The van der Waals surface area contributed by atoms with E-state index in [1.807, 2.05) is 0 Å². The first kappa shape index (κ1) is 19.1. The van der Waals surface area contributed by atoms with Crippen LogP contribution in [0, 0.1) is 5.92 Å². The summed E-state index contributed by atoms with van der Waals surface area (Å²) in [5.74, 6) is -2.70. The summed E-state index contributed by atoms with van der Waals surface area (Å²) >= 11 is 0. The highest BCUT2D eigenvalue weighted by Crippen LogP contribution is 2.32. The molecule has 24 heavy (non-hydrogen) atoms. The van der Waals surface area contributed by atoms with Gasteiger partial charge in [-0.05, 0) is 18.8 Å². The van der Waals surface area contributed by atoms with Crippen LogP contribution in [0.2, 0.25) is 0 Å². The Balaban J connectivity index is 2.21. The van der Waals surface area contributed by atoms with Crippen LogP contribution < -0.4 is 0 Å². The zero-order valence-electron chi connectivity index (χ0n) is 14.2. The van der Waals surface area contributed by atoms with Crippen LogP contribution >= 0.6 is 0 Å². The van der Waals surface area contributed by atoms with E-state index in [4.69, 9.17) is 5.11 Å². The molecule has 138 valence electrons. The van der Waals surface area contributed by atoms with Crippen molar-refractivity contribution >= 4 is 21.7 Å². The Morgan fingerprint density at radius 2 is 1.79 bits per heavy atom. The predicted molar refractivity (Wildman–Crippen MR) is 87.1 cm³/mol. The number of hydrogen-bond donors (Lipinski definition) is 1. The van der Waals surface area contributed by atoms with E-state index in [0.717, 1.165) is 24.2 Å². The number of carbonyl (C=O) groups excluding carboxylic acids is 1. The van der Waals surface area contributed by atoms with Crippen LogP contribution in [0.15, 0.2) is 0 Å². The molecule has 2 rings (SSSR count). The zero-order valence-corrected chi connectivity index (χ0v) is 15.0. The van der Waals surface area contributed by atoms with Gasteiger partial charge < -0.3 is 10.0 Å². The van der Waals surface area contributed by atoms with Crippen molar-refractivity contribution in [1.82, 2.24) is 4.90 Å². The Morgan fingerprint density at radius 1 is 1.21 bits per heavy atom. The van der Waals surface area contributed by atoms with Gasteiger partial charge in [-0.1, -0.05) is 33.1 Å². The number of sulfone groups is 1. The maximum Gasteiger partial charge on any atom is 0.343 e. The van der Waals surface area contributed by atoms with Gasteiger partial charge in [0.2, 0.25) is 11.6 Å². The molecule has 0 spiro atoms. The molecule has 2 atom stereocenters. The molecular formula is C16H26FNO5S. The lowest BCUT2D eigenvalue weighted by Crippen LogP contribution is -2.49. The number of carboxylic acids is 1. The number of aliphatic carboxylic acids is 1. The molecule has 8 heteroatoms. The van der Waals surface area contributed by atoms with Crippen LogP contribution in [-0.4, -0.2) is 59.6 Å². The van der Waals surface area contributed by atoms with Crippen molar-refractivity contribution in [2.24, 2.45) is 5.92 Å². The van der Waals surface area contributed by atoms with E-state index in [-0.39, 0.29) is 13.0 Å². The number of amides is 1. The average molecular weight is 363 g/mol. The Hall–Kier alpha value is -1.18. The summed E-state index contributed by atoms with van der Waals surface area (Å²) in [5, 5.41) is 7.20. The van der Waals surface area contributed by atoms with Crippen LogP contribution in [0.25, 0.3) is 0 Å². The second-order valence-corrected chi connectivity index (χ2v) is 9.65. The Morgan fingerprint density at radius 3 is 2.25 bits per heavy atom. The smallest absolute Gasteiger partial charge is 0.343 e. The summed E-state index contributed by atoms with van der Waals surface area (Å²) in [6.45, 7) is 2.69. The fraction of sp³-hybridized carbons (Fsp3) is 0.875. The Labute approximate surface area is 142 Å². The number of hydrogen-bond acceptors (Lipinski definition) is 4. The second-order valence-electron chi connectivity index (χ2n) is 7.29. The van der Waals surface area contributed by atoms with E-state index < -0.39 is 50.3 Å². The number of carboxylic acid groups (broad SMARTS) is 1. The number of likely N-dealkylation sites (tertiary alicyclic amines) is 1. The summed E-state index contributed by atoms with van der Waals surface area (Å²) < 4.78 is 40.1. The lowest BCUT2D eigenvalue weighted by atomic mass is 10.0. The maximum absolute atomic E-state index is 14.2. The fourth-order valence-corrected chi connectivity index (χ4v) is 6.32. The third kappa shape index (κ3) is 3.58. The topological polar surface area (TPSA) is 91.8 Å². The Bertz CT molecular complexity index is 600.